The second-order valence-corrected chi connectivity index (χ2v) is 7.74. The van der Waals surface area contributed by atoms with Crippen molar-refractivity contribution in [2.75, 3.05) is 4.90 Å². The molecule has 0 fully saturated rings. The predicted molar refractivity (Wildman–Crippen MR) is 120 cm³/mol. The number of nitriles is 1. The lowest BCUT2D eigenvalue weighted by Crippen LogP contribution is -2.23. The molecule has 2 aromatic carbocycles. The average molecular weight is 414 g/mol. The van der Waals surface area contributed by atoms with Crippen LogP contribution in [0.3, 0.4) is 0 Å². The fourth-order valence-corrected chi connectivity index (χ4v) is 4.05. The Labute approximate surface area is 178 Å². The van der Waals surface area contributed by atoms with E-state index in [4.69, 9.17) is 0 Å². The van der Waals surface area contributed by atoms with Crippen molar-refractivity contribution in [3.05, 3.63) is 70.5 Å². The highest BCUT2D eigenvalue weighted by atomic mass is 32.1. The Morgan fingerprint density at radius 3 is 2.70 bits per heavy atom. The molecule has 0 atom stereocenters. The molecule has 4 rings (SSSR count). The predicted octanol–water partition coefficient (Wildman–Crippen LogP) is 5.39. The summed E-state index contributed by atoms with van der Waals surface area (Å²) < 4.78 is 0. The van der Waals surface area contributed by atoms with Gasteiger partial charge in [-0.25, -0.2) is 9.97 Å². The van der Waals surface area contributed by atoms with Gasteiger partial charge in [-0.15, -0.1) is 11.3 Å². The molecule has 0 radical (unpaired) electrons. The van der Waals surface area contributed by atoms with Gasteiger partial charge in [-0.1, -0.05) is 24.3 Å². The van der Waals surface area contributed by atoms with Gasteiger partial charge in [0, 0.05) is 12.3 Å². The summed E-state index contributed by atoms with van der Waals surface area (Å²) in [5, 5.41) is 12.0. The number of anilines is 2. The van der Waals surface area contributed by atoms with Crippen molar-refractivity contribution >= 4 is 50.7 Å². The van der Waals surface area contributed by atoms with Gasteiger partial charge in [0.1, 0.15) is 11.9 Å². The van der Waals surface area contributed by atoms with Gasteiger partial charge in [-0.3, -0.25) is 9.69 Å². The number of rotatable bonds is 4. The summed E-state index contributed by atoms with van der Waals surface area (Å²) in [7, 11) is 0. The van der Waals surface area contributed by atoms with Crippen LogP contribution in [-0.2, 0) is 4.79 Å². The van der Waals surface area contributed by atoms with Crippen molar-refractivity contribution < 1.29 is 4.79 Å². The zero-order valence-corrected chi connectivity index (χ0v) is 17.6. The standard InChI is InChI=1S/C23H19N5OS/c1-14-7-6-10-21(15(14)2)28(16(3)29)23-25-18(13-30-23)11-17(12-24)22-26-19-8-4-5-9-20(19)27-22/h4-11,13H,1-3H3,(H,26,27)/b17-11+. The van der Waals surface area contributed by atoms with Gasteiger partial charge in [0.15, 0.2) is 5.13 Å². The van der Waals surface area contributed by atoms with Gasteiger partial charge in [-0.2, -0.15) is 5.26 Å². The summed E-state index contributed by atoms with van der Waals surface area (Å²) in [6.07, 6.45) is 1.68. The largest absolute Gasteiger partial charge is 0.337 e. The van der Waals surface area contributed by atoms with Crippen LogP contribution in [0.15, 0.2) is 47.8 Å². The van der Waals surface area contributed by atoms with Crippen LogP contribution < -0.4 is 4.90 Å². The molecule has 0 bridgehead atoms. The zero-order valence-electron chi connectivity index (χ0n) is 16.8. The number of carbonyl (C=O) groups excluding carboxylic acids is 1. The highest BCUT2D eigenvalue weighted by Crippen LogP contribution is 2.33. The number of nitrogens with zero attached hydrogens (tertiary/aromatic N) is 4. The first kappa shape index (κ1) is 19.6. The molecule has 7 heteroatoms. The zero-order chi connectivity index (χ0) is 21.3. The summed E-state index contributed by atoms with van der Waals surface area (Å²) in [6, 6.07) is 15.7. The third-order valence-electron chi connectivity index (χ3n) is 4.89. The number of para-hydroxylation sites is 2. The molecule has 4 aromatic rings. The Morgan fingerprint density at radius 1 is 1.17 bits per heavy atom. The Hall–Kier alpha value is -3.76. The number of imidazole rings is 1. The smallest absolute Gasteiger partial charge is 0.230 e. The van der Waals surface area contributed by atoms with Crippen molar-refractivity contribution in [3.63, 3.8) is 0 Å². The molecule has 0 saturated carbocycles. The second-order valence-electron chi connectivity index (χ2n) is 6.90. The Morgan fingerprint density at radius 2 is 1.97 bits per heavy atom. The van der Waals surface area contributed by atoms with Crippen LogP contribution >= 0.6 is 11.3 Å². The molecule has 0 unspecified atom stereocenters. The number of aryl methyl sites for hydroxylation is 1. The van der Waals surface area contributed by atoms with E-state index < -0.39 is 0 Å². The number of hydrogen-bond acceptors (Lipinski definition) is 5. The van der Waals surface area contributed by atoms with E-state index in [2.05, 4.69) is 21.0 Å². The molecule has 2 heterocycles. The van der Waals surface area contributed by atoms with E-state index in [-0.39, 0.29) is 5.91 Å². The van der Waals surface area contributed by atoms with Gasteiger partial charge in [0.25, 0.3) is 0 Å². The van der Waals surface area contributed by atoms with Crippen LogP contribution in [0.1, 0.15) is 29.6 Å². The highest BCUT2D eigenvalue weighted by molar-refractivity contribution is 7.14. The van der Waals surface area contributed by atoms with Gasteiger partial charge in [0.2, 0.25) is 5.91 Å². The first-order valence-corrected chi connectivity index (χ1v) is 10.2. The molecule has 0 aliphatic carbocycles. The van der Waals surface area contributed by atoms with Crippen LogP contribution in [0.2, 0.25) is 0 Å². The Kier molecular flexibility index (Phi) is 5.17. The lowest BCUT2D eigenvalue weighted by atomic mass is 10.1. The first-order valence-electron chi connectivity index (χ1n) is 9.37. The number of fused-ring (bicyclic) bond motifs is 1. The third-order valence-corrected chi connectivity index (χ3v) is 5.73. The molecule has 6 nitrogen and oxygen atoms in total. The van der Waals surface area contributed by atoms with Crippen LogP contribution in [0, 0.1) is 25.2 Å². The molecule has 30 heavy (non-hydrogen) atoms. The molecule has 0 spiro atoms. The molecule has 0 aliphatic rings. The van der Waals surface area contributed by atoms with Crippen molar-refractivity contribution in [2.24, 2.45) is 0 Å². The van der Waals surface area contributed by atoms with Crippen LogP contribution in [-0.4, -0.2) is 20.9 Å². The van der Waals surface area contributed by atoms with Crippen molar-refractivity contribution in [1.82, 2.24) is 15.0 Å². The summed E-state index contributed by atoms with van der Waals surface area (Å²) in [5.74, 6) is 0.373. The van der Waals surface area contributed by atoms with E-state index in [0.717, 1.165) is 27.8 Å². The van der Waals surface area contributed by atoms with Crippen molar-refractivity contribution in [2.45, 2.75) is 20.8 Å². The number of nitrogens with one attached hydrogen (secondary N) is 1. The van der Waals surface area contributed by atoms with Gasteiger partial charge >= 0.3 is 0 Å². The summed E-state index contributed by atoms with van der Waals surface area (Å²) in [6.45, 7) is 5.53. The van der Waals surface area contributed by atoms with Crippen LogP contribution in [0.5, 0.6) is 0 Å². The number of hydrogen-bond donors (Lipinski definition) is 1. The number of carbonyl (C=O) groups is 1. The summed E-state index contributed by atoms with van der Waals surface area (Å²) in [5.41, 5.74) is 5.58. The molecule has 2 aromatic heterocycles. The van der Waals surface area contributed by atoms with E-state index in [1.54, 1.807) is 11.0 Å². The van der Waals surface area contributed by atoms with E-state index in [1.807, 2.05) is 61.7 Å². The number of allylic oxidation sites excluding steroid dienone is 1. The number of benzene rings is 2. The fourth-order valence-electron chi connectivity index (χ4n) is 3.21. The minimum atomic E-state index is -0.119. The van der Waals surface area contributed by atoms with E-state index >= 15 is 0 Å². The summed E-state index contributed by atoms with van der Waals surface area (Å²) in [4.78, 5) is 26.3. The van der Waals surface area contributed by atoms with E-state index in [1.165, 1.54) is 18.3 Å². The molecule has 0 saturated heterocycles. The molecule has 0 aliphatic heterocycles. The van der Waals surface area contributed by atoms with Gasteiger partial charge in [-0.05, 0) is 49.2 Å². The van der Waals surface area contributed by atoms with Gasteiger partial charge in [0.05, 0.1) is 28.0 Å². The number of amides is 1. The maximum Gasteiger partial charge on any atom is 0.230 e. The average Bonchev–Trinajstić information content (AvgIpc) is 3.36. The second kappa shape index (κ2) is 7.93. The highest BCUT2D eigenvalue weighted by Gasteiger charge is 2.20. The maximum atomic E-state index is 12.4. The monoisotopic (exact) mass is 413 g/mol. The lowest BCUT2D eigenvalue weighted by Gasteiger charge is -2.21. The topological polar surface area (TPSA) is 85.7 Å². The first-order chi connectivity index (χ1) is 14.5. The Bertz CT molecular complexity index is 1290. The number of H-pyrrole nitrogens is 1. The van der Waals surface area contributed by atoms with E-state index in [0.29, 0.717) is 22.2 Å². The van der Waals surface area contributed by atoms with Crippen LogP contribution in [0.25, 0.3) is 22.7 Å². The number of aromatic amines is 1. The molecular formula is C23H19N5OS. The van der Waals surface area contributed by atoms with Crippen molar-refractivity contribution in [3.8, 4) is 6.07 Å². The normalized spacial score (nSPS) is 11.5. The maximum absolute atomic E-state index is 12.4. The third kappa shape index (κ3) is 3.61. The molecule has 1 amide bonds. The lowest BCUT2D eigenvalue weighted by molar-refractivity contribution is -0.115. The fraction of sp³-hybridized carbons (Fsp3) is 0.130. The quantitative estimate of drug-likeness (QED) is 0.455. The van der Waals surface area contributed by atoms with Crippen molar-refractivity contribution in [1.29, 1.82) is 5.26 Å². The minimum absolute atomic E-state index is 0.119. The van der Waals surface area contributed by atoms with Crippen LogP contribution in [0.4, 0.5) is 10.8 Å². The SMILES string of the molecule is CC(=O)N(c1nc(/C=C(\C#N)c2nc3ccccc3[nH]2)cs1)c1cccc(C)c1C. The number of aromatic nitrogens is 3. The van der Waals surface area contributed by atoms with Gasteiger partial charge < -0.3 is 4.98 Å². The number of thiazole rings is 1. The minimum Gasteiger partial charge on any atom is -0.337 e. The van der Waals surface area contributed by atoms with E-state index in [9.17, 15) is 10.1 Å². The molecular weight excluding hydrogens is 394 g/mol. The summed E-state index contributed by atoms with van der Waals surface area (Å²) >= 11 is 1.36. The Balaban J connectivity index is 1.72. The molecule has 1 N–H and O–H groups in total. The molecule has 148 valence electrons.